The normalized spacial score (nSPS) is 10.2. The van der Waals surface area contributed by atoms with E-state index < -0.39 is 0 Å². The highest BCUT2D eigenvalue weighted by molar-refractivity contribution is 5.79. The Kier molecular flexibility index (Phi) is 1.85. The van der Waals surface area contributed by atoms with Crippen LogP contribution in [0.3, 0.4) is 0 Å². The maximum atomic E-state index is 10.6. The lowest BCUT2D eigenvalue weighted by Gasteiger charge is -1.97. The maximum Gasteiger partial charge on any atom is 0.152 e. The second-order valence-electron chi connectivity index (χ2n) is 2.89. The number of aldehydes is 1. The third-order valence-electron chi connectivity index (χ3n) is 2.46. The summed E-state index contributed by atoms with van der Waals surface area (Å²) in [6, 6.07) is 0. The molecule has 0 amide bonds. The Hall–Kier alpha value is -1.05. The summed E-state index contributed by atoms with van der Waals surface area (Å²) in [6.07, 6.45) is 0.928. The van der Waals surface area contributed by atoms with Gasteiger partial charge in [0.15, 0.2) is 6.29 Å². The molecule has 0 aromatic carbocycles. The summed E-state index contributed by atoms with van der Waals surface area (Å²) in [5.41, 5.74) is 4.16. The van der Waals surface area contributed by atoms with E-state index >= 15 is 0 Å². The molecule has 0 unspecified atom stereocenters. The van der Waals surface area contributed by atoms with Gasteiger partial charge in [0.1, 0.15) is 0 Å². The van der Waals surface area contributed by atoms with Crippen LogP contribution in [0.15, 0.2) is 0 Å². The topological polar surface area (TPSA) is 22.0 Å². The lowest BCUT2D eigenvalue weighted by Crippen LogP contribution is -1.93. The molecule has 0 spiro atoms. The first kappa shape index (κ1) is 8.05. The third-order valence-corrected chi connectivity index (χ3v) is 2.46. The predicted molar refractivity (Wildman–Crippen MR) is 45.0 cm³/mol. The van der Waals surface area contributed by atoms with Crippen LogP contribution < -0.4 is 0 Å². The van der Waals surface area contributed by atoms with Crippen LogP contribution >= 0.6 is 0 Å². The van der Waals surface area contributed by atoms with Crippen molar-refractivity contribution < 1.29 is 4.79 Å². The summed E-state index contributed by atoms with van der Waals surface area (Å²) in [5, 5.41) is 0. The molecule has 1 aromatic rings. The first-order valence-corrected chi connectivity index (χ1v) is 3.67. The van der Waals surface area contributed by atoms with E-state index in [0.717, 1.165) is 23.1 Å². The third kappa shape index (κ3) is 0.985. The van der Waals surface area contributed by atoms with E-state index in [9.17, 15) is 4.79 Å². The molecule has 2 nitrogen and oxygen atoms in total. The van der Waals surface area contributed by atoms with Crippen LogP contribution in [0.4, 0.5) is 0 Å². The van der Waals surface area contributed by atoms with Gasteiger partial charge in [-0.25, -0.2) is 0 Å². The van der Waals surface area contributed by atoms with Gasteiger partial charge in [-0.15, -0.1) is 0 Å². The minimum absolute atomic E-state index is 0.838. The number of rotatable bonds is 1. The van der Waals surface area contributed by atoms with Crippen LogP contribution in [0.5, 0.6) is 0 Å². The molecule has 0 N–H and O–H groups in total. The van der Waals surface area contributed by atoms with Crippen molar-refractivity contribution in [2.45, 2.75) is 20.8 Å². The van der Waals surface area contributed by atoms with E-state index in [1.165, 1.54) is 5.69 Å². The first-order chi connectivity index (χ1) is 5.09. The van der Waals surface area contributed by atoms with E-state index in [0.29, 0.717) is 0 Å². The zero-order chi connectivity index (χ0) is 8.59. The highest BCUT2D eigenvalue weighted by Gasteiger charge is 2.09. The summed E-state index contributed by atoms with van der Waals surface area (Å²) >= 11 is 0. The molecule has 0 bridgehead atoms. The molecule has 1 rings (SSSR count). The number of nitrogens with zero attached hydrogens (tertiary/aromatic N) is 1. The number of hydrogen-bond donors (Lipinski definition) is 0. The summed E-state index contributed by atoms with van der Waals surface area (Å²) in [7, 11) is 1.98. The van der Waals surface area contributed by atoms with Gasteiger partial charge in [-0.3, -0.25) is 4.79 Å². The minimum atomic E-state index is 0.838. The van der Waals surface area contributed by atoms with Crippen molar-refractivity contribution in [3.63, 3.8) is 0 Å². The van der Waals surface area contributed by atoms with Crippen molar-refractivity contribution in [1.29, 1.82) is 0 Å². The molecular formula is C9H13NO. The van der Waals surface area contributed by atoms with Gasteiger partial charge in [-0.2, -0.15) is 0 Å². The number of aromatic nitrogens is 1. The molecule has 0 aliphatic carbocycles. The van der Waals surface area contributed by atoms with Crippen molar-refractivity contribution >= 4 is 6.29 Å². The maximum absolute atomic E-state index is 10.6. The SMILES string of the molecule is Cc1c(C=O)c(C)n(C)c1C. The highest BCUT2D eigenvalue weighted by atomic mass is 16.1. The summed E-state index contributed by atoms with van der Waals surface area (Å²) < 4.78 is 2.04. The standard InChI is InChI=1S/C9H13NO/c1-6-7(2)10(4)8(3)9(6)5-11/h5H,1-4H3. The Balaban J connectivity index is 3.47. The van der Waals surface area contributed by atoms with Crippen molar-refractivity contribution in [3.8, 4) is 0 Å². The van der Waals surface area contributed by atoms with Crippen molar-refractivity contribution in [1.82, 2.24) is 4.57 Å². The Morgan fingerprint density at radius 1 is 1.18 bits per heavy atom. The van der Waals surface area contributed by atoms with Gasteiger partial charge in [0.2, 0.25) is 0 Å². The molecular weight excluding hydrogens is 138 g/mol. The van der Waals surface area contributed by atoms with Crippen molar-refractivity contribution in [3.05, 3.63) is 22.5 Å². The van der Waals surface area contributed by atoms with Crippen LogP contribution in [-0.4, -0.2) is 10.9 Å². The van der Waals surface area contributed by atoms with Crippen LogP contribution in [-0.2, 0) is 7.05 Å². The zero-order valence-electron chi connectivity index (χ0n) is 7.43. The van der Waals surface area contributed by atoms with Gasteiger partial charge in [0, 0.05) is 24.0 Å². The van der Waals surface area contributed by atoms with Crippen molar-refractivity contribution in [2.75, 3.05) is 0 Å². The Morgan fingerprint density at radius 3 is 1.91 bits per heavy atom. The van der Waals surface area contributed by atoms with Gasteiger partial charge >= 0.3 is 0 Å². The molecule has 0 aliphatic rings. The summed E-state index contributed by atoms with van der Waals surface area (Å²) in [5.74, 6) is 0. The predicted octanol–water partition coefficient (Wildman–Crippen LogP) is 1.76. The number of hydrogen-bond acceptors (Lipinski definition) is 1. The molecule has 0 saturated heterocycles. The van der Waals surface area contributed by atoms with E-state index in [-0.39, 0.29) is 0 Å². The van der Waals surface area contributed by atoms with Crippen molar-refractivity contribution in [2.24, 2.45) is 7.05 Å². The Labute approximate surface area is 66.8 Å². The molecule has 0 radical (unpaired) electrons. The zero-order valence-corrected chi connectivity index (χ0v) is 7.43. The molecule has 1 aromatic heterocycles. The van der Waals surface area contributed by atoms with Crippen LogP contribution in [0, 0.1) is 20.8 Å². The van der Waals surface area contributed by atoms with Gasteiger partial charge in [0.25, 0.3) is 0 Å². The second-order valence-corrected chi connectivity index (χ2v) is 2.89. The first-order valence-electron chi connectivity index (χ1n) is 3.67. The second kappa shape index (κ2) is 2.53. The smallest absolute Gasteiger partial charge is 0.152 e. The molecule has 0 fully saturated rings. The van der Waals surface area contributed by atoms with Gasteiger partial charge in [-0.05, 0) is 26.3 Å². The highest BCUT2D eigenvalue weighted by Crippen LogP contribution is 2.17. The monoisotopic (exact) mass is 151 g/mol. The average Bonchev–Trinajstić information content (AvgIpc) is 2.17. The fourth-order valence-corrected chi connectivity index (χ4v) is 1.32. The molecule has 0 aliphatic heterocycles. The molecule has 0 atom stereocenters. The molecule has 1 heterocycles. The van der Waals surface area contributed by atoms with E-state index in [4.69, 9.17) is 0 Å². The fourth-order valence-electron chi connectivity index (χ4n) is 1.32. The quantitative estimate of drug-likeness (QED) is 0.560. The molecule has 2 heteroatoms. The average molecular weight is 151 g/mol. The van der Waals surface area contributed by atoms with Crippen LogP contribution in [0.25, 0.3) is 0 Å². The summed E-state index contributed by atoms with van der Waals surface area (Å²) in [6.45, 7) is 5.96. The molecule has 0 saturated carbocycles. The minimum Gasteiger partial charge on any atom is -0.351 e. The molecule has 60 valence electrons. The lowest BCUT2D eigenvalue weighted by molar-refractivity contribution is 0.112. The van der Waals surface area contributed by atoms with E-state index in [1.54, 1.807) is 0 Å². The van der Waals surface area contributed by atoms with Gasteiger partial charge in [-0.1, -0.05) is 0 Å². The summed E-state index contributed by atoms with van der Waals surface area (Å²) in [4.78, 5) is 10.6. The number of carbonyl (C=O) groups is 1. The number of carbonyl (C=O) groups excluding carboxylic acids is 1. The van der Waals surface area contributed by atoms with E-state index in [1.807, 2.05) is 32.4 Å². The molecule has 11 heavy (non-hydrogen) atoms. The fraction of sp³-hybridized carbons (Fsp3) is 0.444. The van der Waals surface area contributed by atoms with Crippen LogP contribution in [0.2, 0.25) is 0 Å². The van der Waals surface area contributed by atoms with Gasteiger partial charge < -0.3 is 4.57 Å². The Morgan fingerprint density at radius 2 is 1.73 bits per heavy atom. The largest absolute Gasteiger partial charge is 0.351 e. The van der Waals surface area contributed by atoms with Gasteiger partial charge in [0.05, 0.1) is 0 Å². The lowest BCUT2D eigenvalue weighted by atomic mass is 10.1. The van der Waals surface area contributed by atoms with E-state index in [2.05, 4.69) is 0 Å². The Bertz CT molecular complexity index is 272. The van der Waals surface area contributed by atoms with Crippen LogP contribution in [0.1, 0.15) is 27.3 Å².